The van der Waals surface area contributed by atoms with Crippen molar-refractivity contribution in [3.05, 3.63) is 65.2 Å². The van der Waals surface area contributed by atoms with E-state index in [4.69, 9.17) is 16.0 Å². The topological polar surface area (TPSA) is 56.0 Å². The average molecular weight is 317 g/mol. The molecule has 0 aliphatic rings. The Morgan fingerprint density at radius 1 is 1.00 bits per heavy atom. The van der Waals surface area contributed by atoms with Gasteiger partial charge in [0.15, 0.2) is 0 Å². The van der Waals surface area contributed by atoms with Gasteiger partial charge >= 0.3 is 0 Å². The number of thioether (sulfide) groups is 1. The molecule has 0 atom stereocenters. The molecule has 21 heavy (non-hydrogen) atoms. The quantitative estimate of drug-likeness (QED) is 0.673. The van der Waals surface area contributed by atoms with Gasteiger partial charge in [0.05, 0.1) is 10.6 Å². The van der Waals surface area contributed by atoms with Crippen molar-refractivity contribution >= 4 is 28.5 Å². The fourth-order valence-electron chi connectivity index (χ4n) is 1.71. The SMILES string of the molecule is O=C(Sc1nnc(-c2ccccc2Cl)o1)c1ccccc1. The molecular weight excluding hydrogens is 308 g/mol. The lowest BCUT2D eigenvalue weighted by Gasteiger charge is -1.97. The van der Waals surface area contributed by atoms with Gasteiger partial charge in [-0.1, -0.05) is 54.1 Å². The maximum absolute atomic E-state index is 12.0. The van der Waals surface area contributed by atoms with Gasteiger partial charge in [0.25, 0.3) is 5.22 Å². The molecule has 0 fully saturated rings. The molecule has 0 unspecified atom stereocenters. The van der Waals surface area contributed by atoms with Crippen LogP contribution in [0.15, 0.2) is 64.2 Å². The zero-order chi connectivity index (χ0) is 14.7. The van der Waals surface area contributed by atoms with Crippen molar-refractivity contribution in [2.24, 2.45) is 0 Å². The maximum Gasteiger partial charge on any atom is 0.284 e. The number of halogens is 1. The molecule has 2 aromatic carbocycles. The molecule has 0 spiro atoms. The molecule has 0 bridgehead atoms. The minimum absolute atomic E-state index is 0.148. The maximum atomic E-state index is 12.0. The molecule has 0 aliphatic heterocycles. The van der Waals surface area contributed by atoms with E-state index in [1.54, 1.807) is 36.4 Å². The van der Waals surface area contributed by atoms with E-state index < -0.39 is 0 Å². The molecule has 0 aliphatic carbocycles. The standard InChI is InChI=1S/C15H9ClN2O2S/c16-12-9-5-4-8-11(12)13-17-18-15(20-13)21-14(19)10-6-2-1-3-7-10/h1-9H. The first-order chi connectivity index (χ1) is 10.2. The van der Waals surface area contributed by atoms with E-state index in [-0.39, 0.29) is 10.3 Å². The summed E-state index contributed by atoms with van der Waals surface area (Å²) < 4.78 is 5.48. The summed E-state index contributed by atoms with van der Waals surface area (Å²) in [5, 5.41) is 8.35. The van der Waals surface area contributed by atoms with Crippen LogP contribution in [-0.4, -0.2) is 15.3 Å². The second kappa shape index (κ2) is 6.11. The zero-order valence-corrected chi connectivity index (χ0v) is 12.3. The van der Waals surface area contributed by atoms with Crippen LogP contribution in [0.4, 0.5) is 0 Å². The van der Waals surface area contributed by atoms with E-state index in [0.717, 1.165) is 11.8 Å². The van der Waals surface area contributed by atoms with E-state index in [0.29, 0.717) is 22.0 Å². The Labute approximate surface area is 130 Å². The van der Waals surface area contributed by atoms with Crippen molar-refractivity contribution in [2.45, 2.75) is 5.22 Å². The Balaban J connectivity index is 1.80. The number of carbonyl (C=O) groups excluding carboxylic acids is 1. The third-order valence-corrected chi connectivity index (χ3v) is 3.79. The largest absolute Gasteiger partial charge is 0.411 e. The molecule has 6 heteroatoms. The van der Waals surface area contributed by atoms with Crippen LogP contribution in [0.2, 0.25) is 5.02 Å². The fraction of sp³-hybridized carbons (Fsp3) is 0. The third-order valence-electron chi connectivity index (χ3n) is 2.70. The minimum atomic E-state index is -0.148. The average Bonchev–Trinajstić information content (AvgIpc) is 2.97. The van der Waals surface area contributed by atoms with E-state index in [1.165, 1.54) is 0 Å². The predicted molar refractivity (Wildman–Crippen MR) is 81.4 cm³/mol. The molecule has 0 N–H and O–H groups in total. The smallest absolute Gasteiger partial charge is 0.284 e. The van der Waals surface area contributed by atoms with Gasteiger partial charge in [0.2, 0.25) is 11.0 Å². The van der Waals surface area contributed by atoms with Gasteiger partial charge in [0.1, 0.15) is 0 Å². The summed E-state index contributed by atoms with van der Waals surface area (Å²) in [6, 6.07) is 16.1. The third kappa shape index (κ3) is 3.15. The summed E-state index contributed by atoms with van der Waals surface area (Å²) in [5.41, 5.74) is 1.23. The number of carbonyl (C=O) groups is 1. The van der Waals surface area contributed by atoms with Crippen molar-refractivity contribution in [1.29, 1.82) is 0 Å². The number of aromatic nitrogens is 2. The van der Waals surface area contributed by atoms with E-state index in [9.17, 15) is 4.79 Å². The van der Waals surface area contributed by atoms with Crippen LogP contribution in [0.3, 0.4) is 0 Å². The van der Waals surface area contributed by atoms with Gasteiger partial charge in [-0.25, -0.2) is 0 Å². The number of hydrogen-bond donors (Lipinski definition) is 0. The van der Waals surface area contributed by atoms with Crippen LogP contribution in [0.5, 0.6) is 0 Å². The molecule has 1 heterocycles. The molecule has 4 nitrogen and oxygen atoms in total. The van der Waals surface area contributed by atoms with Crippen molar-refractivity contribution in [1.82, 2.24) is 10.2 Å². The highest BCUT2D eigenvalue weighted by molar-refractivity contribution is 8.14. The van der Waals surface area contributed by atoms with Crippen LogP contribution in [0.1, 0.15) is 10.4 Å². The van der Waals surface area contributed by atoms with Crippen LogP contribution >= 0.6 is 23.4 Å². The molecule has 3 rings (SSSR count). The zero-order valence-electron chi connectivity index (χ0n) is 10.7. The van der Waals surface area contributed by atoms with Crippen LogP contribution < -0.4 is 0 Å². The number of nitrogens with zero attached hydrogens (tertiary/aromatic N) is 2. The lowest BCUT2D eigenvalue weighted by atomic mass is 10.2. The molecule has 1 aromatic heterocycles. The Kier molecular flexibility index (Phi) is 4.03. The molecule has 3 aromatic rings. The van der Waals surface area contributed by atoms with E-state index >= 15 is 0 Å². The second-order valence-corrected chi connectivity index (χ2v) is 5.44. The van der Waals surface area contributed by atoms with E-state index in [1.807, 2.05) is 18.2 Å². The van der Waals surface area contributed by atoms with Crippen molar-refractivity contribution in [2.75, 3.05) is 0 Å². The first-order valence-corrected chi connectivity index (χ1v) is 7.29. The number of hydrogen-bond acceptors (Lipinski definition) is 5. The molecule has 0 saturated carbocycles. The molecule has 0 saturated heterocycles. The lowest BCUT2D eigenvalue weighted by Crippen LogP contribution is -1.92. The van der Waals surface area contributed by atoms with Gasteiger partial charge in [-0.3, -0.25) is 4.79 Å². The predicted octanol–water partition coefficient (Wildman–Crippen LogP) is 4.32. The summed E-state index contributed by atoms with van der Waals surface area (Å²) in [7, 11) is 0. The first kappa shape index (κ1) is 13.9. The first-order valence-electron chi connectivity index (χ1n) is 6.09. The van der Waals surface area contributed by atoms with Crippen molar-refractivity contribution < 1.29 is 9.21 Å². The summed E-state index contributed by atoms with van der Waals surface area (Å²) >= 11 is 6.96. The Morgan fingerprint density at radius 3 is 2.48 bits per heavy atom. The summed E-state index contributed by atoms with van der Waals surface area (Å²) in [6.45, 7) is 0. The molecule has 104 valence electrons. The highest BCUT2D eigenvalue weighted by Gasteiger charge is 2.15. The Bertz CT molecular complexity index is 774. The molecule has 0 radical (unpaired) electrons. The van der Waals surface area contributed by atoms with Gasteiger partial charge in [-0.05, 0) is 12.1 Å². The molecule has 0 amide bonds. The fourth-order valence-corrected chi connectivity index (χ4v) is 2.54. The second-order valence-electron chi connectivity index (χ2n) is 4.11. The Morgan fingerprint density at radius 2 is 1.71 bits per heavy atom. The van der Waals surface area contributed by atoms with Crippen LogP contribution in [0, 0.1) is 0 Å². The van der Waals surface area contributed by atoms with E-state index in [2.05, 4.69) is 10.2 Å². The monoisotopic (exact) mass is 316 g/mol. The van der Waals surface area contributed by atoms with Gasteiger partial charge < -0.3 is 4.42 Å². The highest BCUT2D eigenvalue weighted by atomic mass is 35.5. The number of benzene rings is 2. The minimum Gasteiger partial charge on any atom is -0.411 e. The summed E-state index contributed by atoms with van der Waals surface area (Å²) in [4.78, 5) is 12.0. The highest BCUT2D eigenvalue weighted by Crippen LogP contribution is 2.29. The lowest BCUT2D eigenvalue weighted by molar-refractivity contribution is 0.108. The van der Waals surface area contributed by atoms with Crippen LogP contribution in [-0.2, 0) is 0 Å². The summed E-state index contributed by atoms with van der Waals surface area (Å²) in [6.07, 6.45) is 0. The normalized spacial score (nSPS) is 10.5. The van der Waals surface area contributed by atoms with Crippen molar-refractivity contribution in [3.8, 4) is 11.5 Å². The number of rotatable bonds is 3. The Hall–Kier alpha value is -2.11. The summed E-state index contributed by atoms with van der Waals surface area (Å²) in [5.74, 6) is 0.295. The van der Waals surface area contributed by atoms with Gasteiger partial charge in [-0.15, -0.1) is 10.2 Å². The van der Waals surface area contributed by atoms with Gasteiger partial charge in [0, 0.05) is 17.3 Å². The van der Waals surface area contributed by atoms with Crippen molar-refractivity contribution in [3.63, 3.8) is 0 Å². The van der Waals surface area contributed by atoms with Crippen LogP contribution in [0.25, 0.3) is 11.5 Å². The molecular formula is C15H9ClN2O2S. The van der Waals surface area contributed by atoms with Gasteiger partial charge in [-0.2, -0.15) is 0 Å².